The van der Waals surface area contributed by atoms with Crippen LogP contribution in [-0.2, 0) is 21.4 Å². The largest absolute Gasteiger partial charge is 0.495 e. The Morgan fingerprint density at radius 1 is 1.38 bits per heavy atom. The Labute approximate surface area is 125 Å². The molecule has 1 N–H and O–H groups in total. The van der Waals surface area contributed by atoms with E-state index in [0.717, 1.165) is 0 Å². The minimum absolute atomic E-state index is 0.0227. The highest BCUT2D eigenvalue weighted by Gasteiger charge is 2.27. The molecule has 0 unspecified atom stereocenters. The Kier molecular flexibility index (Phi) is 6.83. The average molecular weight is 315 g/mol. The van der Waals surface area contributed by atoms with Crippen molar-refractivity contribution in [3.63, 3.8) is 0 Å². The molecule has 118 valence electrons. The Balaban J connectivity index is 3.28. The van der Waals surface area contributed by atoms with Crippen LogP contribution in [0.1, 0.15) is 5.56 Å². The van der Waals surface area contributed by atoms with Crippen molar-refractivity contribution in [3.05, 3.63) is 36.4 Å². The van der Waals surface area contributed by atoms with Crippen LogP contribution in [-0.4, -0.2) is 51.7 Å². The van der Waals surface area contributed by atoms with Gasteiger partial charge < -0.3 is 14.6 Å². The van der Waals surface area contributed by atoms with Crippen molar-refractivity contribution in [2.24, 2.45) is 0 Å². The van der Waals surface area contributed by atoms with Crippen molar-refractivity contribution in [3.8, 4) is 5.75 Å². The summed E-state index contributed by atoms with van der Waals surface area (Å²) in [6.07, 6.45) is 1.51. The first-order valence-corrected chi connectivity index (χ1v) is 7.83. The molecule has 0 radical (unpaired) electrons. The van der Waals surface area contributed by atoms with E-state index in [4.69, 9.17) is 9.47 Å². The number of ether oxygens (including phenoxy) is 2. The summed E-state index contributed by atoms with van der Waals surface area (Å²) in [5, 5.41) is 9.19. The number of benzene rings is 1. The zero-order chi connectivity index (χ0) is 15.9. The molecular formula is C14H21NO5S. The molecule has 0 spiro atoms. The van der Waals surface area contributed by atoms with Crippen LogP contribution in [0, 0.1) is 0 Å². The van der Waals surface area contributed by atoms with Crippen molar-refractivity contribution in [1.82, 2.24) is 4.31 Å². The molecule has 0 atom stereocenters. The van der Waals surface area contributed by atoms with Crippen molar-refractivity contribution in [1.29, 1.82) is 0 Å². The van der Waals surface area contributed by atoms with Crippen LogP contribution in [0.3, 0.4) is 0 Å². The molecule has 0 amide bonds. The third kappa shape index (κ3) is 4.28. The first kappa shape index (κ1) is 17.6. The molecule has 0 aliphatic carbocycles. The standard InChI is InChI=1S/C14H21NO5S/c1-4-7-15(8-9-19-2)21(17,18)14-10-12(11-16)5-6-13(14)20-3/h4-6,10,16H,1,7-9,11H2,2-3H3. The van der Waals surface area contributed by atoms with Crippen LogP contribution in [0.4, 0.5) is 0 Å². The van der Waals surface area contributed by atoms with E-state index in [-0.39, 0.29) is 36.9 Å². The lowest BCUT2D eigenvalue weighted by molar-refractivity contribution is 0.182. The van der Waals surface area contributed by atoms with E-state index in [1.54, 1.807) is 6.07 Å². The van der Waals surface area contributed by atoms with Gasteiger partial charge in [-0.15, -0.1) is 6.58 Å². The Bertz CT molecular complexity index is 571. The van der Waals surface area contributed by atoms with Gasteiger partial charge in [0.15, 0.2) is 0 Å². The molecule has 1 rings (SSSR count). The topological polar surface area (TPSA) is 76.1 Å². The number of rotatable bonds is 9. The molecule has 0 aliphatic rings. The Morgan fingerprint density at radius 2 is 2.10 bits per heavy atom. The minimum Gasteiger partial charge on any atom is -0.495 e. The van der Waals surface area contributed by atoms with Crippen molar-refractivity contribution < 1.29 is 23.0 Å². The molecule has 0 aliphatic heterocycles. The van der Waals surface area contributed by atoms with Gasteiger partial charge >= 0.3 is 0 Å². The summed E-state index contributed by atoms with van der Waals surface area (Å²) in [5.41, 5.74) is 0.500. The normalized spacial score (nSPS) is 11.6. The quantitative estimate of drug-likeness (QED) is 0.688. The third-order valence-corrected chi connectivity index (χ3v) is 4.79. The van der Waals surface area contributed by atoms with E-state index in [9.17, 15) is 13.5 Å². The molecule has 0 aromatic heterocycles. The number of hydrogen-bond donors (Lipinski definition) is 1. The molecule has 21 heavy (non-hydrogen) atoms. The molecule has 0 saturated heterocycles. The van der Waals surface area contributed by atoms with Crippen LogP contribution in [0.5, 0.6) is 5.75 Å². The third-order valence-electron chi connectivity index (χ3n) is 2.91. The number of methoxy groups -OCH3 is 2. The minimum atomic E-state index is -3.76. The van der Waals surface area contributed by atoms with Gasteiger partial charge in [0.05, 0.1) is 20.3 Å². The van der Waals surface area contributed by atoms with Crippen molar-refractivity contribution in [2.45, 2.75) is 11.5 Å². The van der Waals surface area contributed by atoms with Gasteiger partial charge in [-0.1, -0.05) is 12.1 Å². The lowest BCUT2D eigenvalue weighted by Gasteiger charge is -2.22. The van der Waals surface area contributed by atoms with Gasteiger partial charge in [0, 0.05) is 20.2 Å². The maximum Gasteiger partial charge on any atom is 0.247 e. The predicted molar refractivity (Wildman–Crippen MR) is 79.7 cm³/mol. The van der Waals surface area contributed by atoms with Gasteiger partial charge in [0.25, 0.3) is 0 Å². The zero-order valence-corrected chi connectivity index (χ0v) is 13.1. The summed E-state index contributed by atoms with van der Waals surface area (Å²) < 4.78 is 36.8. The highest BCUT2D eigenvalue weighted by molar-refractivity contribution is 7.89. The Morgan fingerprint density at radius 3 is 2.62 bits per heavy atom. The number of aliphatic hydroxyl groups is 1. The number of nitrogens with zero attached hydrogens (tertiary/aromatic N) is 1. The number of hydrogen-bond acceptors (Lipinski definition) is 5. The molecule has 0 saturated carbocycles. The summed E-state index contributed by atoms with van der Waals surface area (Å²) in [5.74, 6) is 0.235. The lowest BCUT2D eigenvalue weighted by Crippen LogP contribution is -2.34. The molecule has 1 aromatic rings. The lowest BCUT2D eigenvalue weighted by atomic mass is 10.2. The summed E-state index contributed by atoms with van der Waals surface area (Å²) in [7, 11) is -0.856. The van der Waals surface area contributed by atoms with Gasteiger partial charge in [0.2, 0.25) is 10.0 Å². The summed E-state index contributed by atoms with van der Waals surface area (Å²) >= 11 is 0. The monoisotopic (exact) mass is 315 g/mol. The molecule has 0 heterocycles. The fraction of sp³-hybridized carbons (Fsp3) is 0.429. The first-order chi connectivity index (χ1) is 10.0. The fourth-order valence-electron chi connectivity index (χ4n) is 1.81. The molecular weight excluding hydrogens is 294 g/mol. The van der Waals surface area contributed by atoms with Gasteiger partial charge in [-0.05, 0) is 17.7 Å². The van der Waals surface area contributed by atoms with E-state index < -0.39 is 10.0 Å². The molecule has 7 heteroatoms. The highest BCUT2D eigenvalue weighted by atomic mass is 32.2. The van der Waals surface area contributed by atoms with Gasteiger partial charge in [0.1, 0.15) is 10.6 Å². The average Bonchev–Trinajstić information content (AvgIpc) is 2.50. The SMILES string of the molecule is C=CCN(CCOC)S(=O)(=O)c1cc(CO)ccc1OC. The fourth-order valence-corrected chi connectivity index (χ4v) is 3.41. The zero-order valence-electron chi connectivity index (χ0n) is 12.3. The molecule has 0 fully saturated rings. The van der Waals surface area contributed by atoms with E-state index in [1.807, 2.05) is 0 Å². The molecule has 1 aromatic carbocycles. The van der Waals surface area contributed by atoms with Crippen LogP contribution in [0.2, 0.25) is 0 Å². The predicted octanol–water partition coefficient (Wildman–Crippen LogP) is 1.01. The first-order valence-electron chi connectivity index (χ1n) is 6.39. The molecule has 0 bridgehead atoms. The van der Waals surface area contributed by atoms with Gasteiger partial charge in [-0.25, -0.2) is 8.42 Å². The molecule has 6 nitrogen and oxygen atoms in total. The van der Waals surface area contributed by atoms with Crippen molar-refractivity contribution >= 4 is 10.0 Å². The van der Waals surface area contributed by atoms with Crippen LogP contribution in [0.15, 0.2) is 35.7 Å². The highest BCUT2D eigenvalue weighted by Crippen LogP contribution is 2.28. The van der Waals surface area contributed by atoms with E-state index >= 15 is 0 Å². The summed E-state index contributed by atoms with van der Waals surface area (Å²) in [4.78, 5) is 0.0227. The summed E-state index contributed by atoms with van der Waals surface area (Å²) in [6.45, 7) is 3.97. The second-order valence-electron chi connectivity index (χ2n) is 4.29. The Hall–Kier alpha value is -1.41. The smallest absolute Gasteiger partial charge is 0.247 e. The maximum atomic E-state index is 12.7. The number of aliphatic hydroxyl groups excluding tert-OH is 1. The van der Waals surface area contributed by atoms with Crippen molar-refractivity contribution in [2.75, 3.05) is 33.9 Å². The van der Waals surface area contributed by atoms with Crippen LogP contribution in [0.25, 0.3) is 0 Å². The second-order valence-corrected chi connectivity index (χ2v) is 6.19. The van der Waals surface area contributed by atoms with E-state index in [2.05, 4.69) is 6.58 Å². The number of sulfonamides is 1. The van der Waals surface area contributed by atoms with E-state index in [0.29, 0.717) is 5.56 Å². The second kappa shape index (κ2) is 8.14. The van der Waals surface area contributed by atoms with Crippen LogP contribution < -0.4 is 4.74 Å². The summed E-state index contributed by atoms with van der Waals surface area (Å²) in [6, 6.07) is 4.56. The maximum absolute atomic E-state index is 12.7. The van der Waals surface area contributed by atoms with Crippen LogP contribution >= 0.6 is 0 Å². The van der Waals surface area contributed by atoms with Gasteiger partial charge in [-0.3, -0.25) is 0 Å². The van der Waals surface area contributed by atoms with E-state index in [1.165, 1.54) is 36.7 Å². The van der Waals surface area contributed by atoms with Gasteiger partial charge in [-0.2, -0.15) is 4.31 Å².